The quantitative estimate of drug-likeness (QED) is 0.233. The molecule has 1 heterocycles. The number of allylic oxidation sites excluding steroid dienone is 1. The van der Waals surface area contributed by atoms with Crippen LogP contribution in [0.25, 0.3) is 5.57 Å². The van der Waals surface area contributed by atoms with E-state index in [1.807, 2.05) is 24.3 Å². The molecular weight excluding hydrogens is 591 g/mol. The summed E-state index contributed by atoms with van der Waals surface area (Å²) < 4.78 is 11.4. The average molecular weight is 628 g/mol. The maximum absolute atomic E-state index is 12.7. The predicted molar refractivity (Wildman–Crippen MR) is 174 cm³/mol. The Hall–Kier alpha value is -2.70. The van der Waals surface area contributed by atoms with Crippen molar-refractivity contribution >= 4 is 52.0 Å². The smallest absolute Gasteiger partial charge is 0.341 e. The molecule has 5 rings (SSSR count). The molecule has 0 amide bonds. The highest BCUT2D eigenvalue weighted by atomic mass is 35.5. The Bertz CT molecular complexity index is 1440. The number of benzene rings is 3. The number of hydrogen-bond donors (Lipinski definition) is 0. The number of anilines is 1. The summed E-state index contributed by atoms with van der Waals surface area (Å²) in [5, 5.41) is 1.68. The maximum Gasteiger partial charge on any atom is 0.341 e. The van der Waals surface area contributed by atoms with Gasteiger partial charge >= 0.3 is 5.97 Å². The molecule has 5 nitrogen and oxygen atoms in total. The molecule has 1 saturated heterocycles. The van der Waals surface area contributed by atoms with Gasteiger partial charge in [0, 0.05) is 59.5 Å². The Labute approximate surface area is 264 Å². The molecule has 0 radical (unpaired) electrons. The summed E-state index contributed by atoms with van der Waals surface area (Å²) in [7, 11) is 0. The van der Waals surface area contributed by atoms with E-state index in [0.29, 0.717) is 32.5 Å². The van der Waals surface area contributed by atoms with Crippen molar-refractivity contribution in [1.82, 2.24) is 4.90 Å². The van der Waals surface area contributed by atoms with Gasteiger partial charge < -0.3 is 14.4 Å². The Kier molecular flexibility index (Phi) is 9.74. The normalized spacial score (nSPS) is 17.3. The number of carbonyl (C=O) groups excluding carboxylic acids is 1. The molecule has 0 spiro atoms. The summed E-state index contributed by atoms with van der Waals surface area (Å²) in [4.78, 5) is 17.6. The number of rotatable bonds is 8. The molecule has 1 aliphatic heterocycles. The van der Waals surface area contributed by atoms with Gasteiger partial charge in [-0.15, -0.1) is 0 Å². The van der Waals surface area contributed by atoms with Gasteiger partial charge in [-0.05, 0) is 85.2 Å². The first-order valence-electron chi connectivity index (χ1n) is 14.5. The van der Waals surface area contributed by atoms with Crippen LogP contribution in [0, 0.1) is 5.41 Å². The molecule has 0 aromatic heterocycles. The van der Waals surface area contributed by atoms with E-state index in [2.05, 4.69) is 35.8 Å². The lowest BCUT2D eigenvalue weighted by atomic mass is 9.72. The first-order chi connectivity index (χ1) is 20.1. The second kappa shape index (κ2) is 13.3. The van der Waals surface area contributed by atoms with Crippen molar-refractivity contribution < 1.29 is 14.3 Å². The van der Waals surface area contributed by atoms with Gasteiger partial charge in [0.25, 0.3) is 0 Å². The van der Waals surface area contributed by atoms with Crippen LogP contribution in [0.3, 0.4) is 0 Å². The molecule has 42 heavy (non-hydrogen) atoms. The largest absolute Gasteiger partial charge is 0.462 e. The molecular formula is C34H37Cl3N2O3. The van der Waals surface area contributed by atoms with Crippen molar-refractivity contribution in [3.63, 3.8) is 0 Å². The van der Waals surface area contributed by atoms with Crippen LogP contribution >= 0.6 is 34.8 Å². The SMILES string of the molecule is CCOC(=O)c1ccc(N2CCN(CC3=C(c4ccc(Cl)cc4)CC(C)(C)CC3)CC2)cc1Oc1cc(Cl)cc(Cl)c1. The molecule has 0 atom stereocenters. The molecule has 0 saturated carbocycles. The first kappa shape index (κ1) is 30.7. The zero-order valence-corrected chi connectivity index (χ0v) is 26.7. The molecule has 222 valence electrons. The monoisotopic (exact) mass is 626 g/mol. The number of hydrogen-bond acceptors (Lipinski definition) is 5. The van der Waals surface area contributed by atoms with E-state index >= 15 is 0 Å². The summed E-state index contributed by atoms with van der Waals surface area (Å²) in [5.41, 5.74) is 5.95. The first-order valence-corrected chi connectivity index (χ1v) is 15.6. The number of nitrogens with zero attached hydrogens (tertiary/aromatic N) is 2. The molecule has 8 heteroatoms. The topological polar surface area (TPSA) is 42.0 Å². The average Bonchev–Trinajstić information content (AvgIpc) is 2.94. The zero-order chi connectivity index (χ0) is 29.9. The lowest BCUT2D eigenvalue weighted by Gasteiger charge is -2.39. The fraction of sp³-hybridized carbons (Fsp3) is 0.382. The van der Waals surface area contributed by atoms with Crippen molar-refractivity contribution in [3.8, 4) is 11.5 Å². The second-order valence-corrected chi connectivity index (χ2v) is 13.1. The highest BCUT2D eigenvalue weighted by Gasteiger charge is 2.29. The van der Waals surface area contributed by atoms with Crippen molar-refractivity contribution in [2.75, 3.05) is 44.2 Å². The van der Waals surface area contributed by atoms with Crippen LogP contribution < -0.4 is 9.64 Å². The van der Waals surface area contributed by atoms with Crippen molar-refractivity contribution in [2.24, 2.45) is 5.41 Å². The molecule has 0 N–H and O–H groups in total. The summed E-state index contributed by atoms with van der Waals surface area (Å²) in [6.07, 6.45) is 3.40. The van der Waals surface area contributed by atoms with Crippen LogP contribution in [0.1, 0.15) is 56.0 Å². The number of esters is 1. The Morgan fingerprint density at radius 2 is 1.57 bits per heavy atom. The molecule has 3 aromatic rings. The van der Waals surface area contributed by atoms with E-state index in [-0.39, 0.29) is 6.61 Å². The number of ether oxygens (including phenoxy) is 2. The van der Waals surface area contributed by atoms with Crippen LogP contribution in [0.2, 0.25) is 15.1 Å². The van der Waals surface area contributed by atoms with Gasteiger partial charge in [0.15, 0.2) is 0 Å². The van der Waals surface area contributed by atoms with Crippen LogP contribution in [0.5, 0.6) is 11.5 Å². The molecule has 2 aliphatic rings. The van der Waals surface area contributed by atoms with Crippen LogP contribution in [0.4, 0.5) is 5.69 Å². The van der Waals surface area contributed by atoms with Crippen molar-refractivity contribution in [3.05, 3.63) is 92.4 Å². The Balaban J connectivity index is 1.32. The summed E-state index contributed by atoms with van der Waals surface area (Å²) >= 11 is 18.6. The molecule has 1 fully saturated rings. The van der Waals surface area contributed by atoms with Crippen LogP contribution in [-0.4, -0.2) is 50.2 Å². The number of halogens is 3. The van der Waals surface area contributed by atoms with E-state index in [0.717, 1.165) is 56.3 Å². The van der Waals surface area contributed by atoms with Gasteiger partial charge in [0.05, 0.1) is 6.61 Å². The van der Waals surface area contributed by atoms with Crippen molar-refractivity contribution in [2.45, 2.75) is 40.0 Å². The van der Waals surface area contributed by atoms with E-state index in [1.54, 1.807) is 36.8 Å². The number of piperazine rings is 1. The van der Waals surface area contributed by atoms with E-state index < -0.39 is 5.97 Å². The molecule has 3 aromatic carbocycles. The second-order valence-electron chi connectivity index (χ2n) is 11.8. The summed E-state index contributed by atoms with van der Waals surface area (Å²) in [5.74, 6) is 0.437. The van der Waals surface area contributed by atoms with Crippen LogP contribution in [0.15, 0.2) is 66.2 Å². The van der Waals surface area contributed by atoms with Gasteiger partial charge in [0.1, 0.15) is 17.1 Å². The van der Waals surface area contributed by atoms with E-state index in [9.17, 15) is 4.79 Å². The lowest BCUT2D eigenvalue weighted by molar-refractivity contribution is 0.0523. The van der Waals surface area contributed by atoms with Gasteiger partial charge in [0.2, 0.25) is 0 Å². The summed E-state index contributed by atoms with van der Waals surface area (Å²) in [6.45, 7) is 11.4. The van der Waals surface area contributed by atoms with Gasteiger partial charge in [-0.1, -0.05) is 66.4 Å². The van der Waals surface area contributed by atoms with Gasteiger partial charge in [-0.2, -0.15) is 0 Å². The fourth-order valence-electron chi connectivity index (χ4n) is 5.78. The third-order valence-electron chi connectivity index (χ3n) is 8.05. The molecule has 1 aliphatic carbocycles. The van der Waals surface area contributed by atoms with Crippen molar-refractivity contribution in [1.29, 1.82) is 0 Å². The standard InChI is InChI=1S/C34H37Cl3N2O3/c1-4-41-33(40)30-10-9-28(20-32(30)42-29-18-26(36)17-27(37)19-29)39-15-13-38(14-16-39)22-24-11-12-34(2,3)21-31(24)23-5-7-25(35)8-6-23/h5-10,17-20H,4,11-16,21-22H2,1-3H3. The highest BCUT2D eigenvalue weighted by molar-refractivity contribution is 6.34. The maximum atomic E-state index is 12.7. The predicted octanol–water partition coefficient (Wildman–Crippen LogP) is 9.40. The fourth-order valence-corrected chi connectivity index (χ4v) is 6.41. The van der Waals surface area contributed by atoms with Gasteiger partial charge in [-0.3, -0.25) is 4.90 Å². The molecule has 0 unspecified atom stereocenters. The van der Waals surface area contributed by atoms with E-state index in [1.165, 1.54) is 17.6 Å². The third-order valence-corrected chi connectivity index (χ3v) is 8.74. The minimum atomic E-state index is -0.433. The minimum Gasteiger partial charge on any atom is -0.462 e. The lowest BCUT2D eigenvalue weighted by Crippen LogP contribution is -2.47. The summed E-state index contributed by atoms with van der Waals surface area (Å²) in [6, 6.07) is 18.9. The third kappa shape index (κ3) is 7.62. The minimum absolute atomic E-state index is 0.276. The Morgan fingerprint density at radius 3 is 2.24 bits per heavy atom. The highest BCUT2D eigenvalue weighted by Crippen LogP contribution is 2.43. The molecule has 0 bridgehead atoms. The number of carbonyl (C=O) groups is 1. The Morgan fingerprint density at radius 1 is 0.881 bits per heavy atom. The van der Waals surface area contributed by atoms with Crippen LogP contribution in [-0.2, 0) is 4.74 Å². The van der Waals surface area contributed by atoms with E-state index in [4.69, 9.17) is 44.3 Å². The zero-order valence-electron chi connectivity index (χ0n) is 24.4. The van der Waals surface area contributed by atoms with Gasteiger partial charge in [-0.25, -0.2) is 4.79 Å².